The highest BCUT2D eigenvalue weighted by Gasteiger charge is 2.23. The van der Waals surface area contributed by atoms with E-state index in [4.69, 9.17) is 4.74 Å². The van der Waals surface area contributed by atoms with Crippen LogP contribution in [0, 0.1) is 11.6 Å². The van der Waals surface area contributed by atoms with E-state index in [1.807, 2.05) is 26.0 Å². The Kier molecular flexibility index (Phi) is 4.83. The van der Waals surface area contributed by atoms with Crippen molar-refractivity contribution < 1.29 is 18.3 Å². The van der Waals surface area contributed by atoms with Crippen LogP contribution in [0.1, 0.15) is 19.4 Å². The van der Waals surface area contributed by atoms with Crippen LogP contribution in [-0.2, 0) is 5.54 Å². The van der Waals surface area contributed by atoms with Crippen LogP contribution in [0.5, 0.6) is 5.75 Å². The van der Waals surface area contributed by atoms with Gasteiger partial charge in [-0.3, -0.25) is 0 Å². The van der Waals surface area contributed by atoms with Gasteiger partial charge < -0.3 is 15.4 Å². The monoisotopic (exact) mass is 320 g/mol. The third-order valence-electron chi connectivity index (χ3n) is 3.42. The van der Waals surface area contributed by atoms with E-state index in [0.29, 0.717) is 11.8 Å². The van der Waals surface area contributed by atoms with Crippen LogP contribution < -0.4 is 15.4 Å². The molecule has 2 rings (SSSR count). The second-order valence-electron chi connectivity index (χ2n) is 5.56. The second kappa shape index (κ2) is 6.64. The van der Waals surface area contributed by atoms with E-state index in [1.54, 1.807) is 19.2 Å². The summed E-state index contributed by atoms with van der Waals surface area (Å²) in [4.78, 5) is 12.1. The number of hydrogen-bond donors (Lipinski definition) is 2. The number of benzene rings is 2. The molecular formula is C17H18F2N2O2. The number of ether oxygens (including phenoxy) is 1. The SMILES string of the molecule is COc1ccc(C(C)(C)NC(=O)Nc2ccc(F)cc2F)cc1. The molecule has 0 bridgehead atoms. The molecule has 4 nitrogen and oxygen atoms in total. The Bertz CT molecular complexity index is 700. The quantitative estimate of drug-likeness (QED) is 0.893. The first kappa shape index (κ1) is 16.7. The molecule has 0 fully saturated rings. The minimum Gasteiger partial charge on any atom is -0.497 e. The smallest absolute Gasteiger partial charge is 0.320 e. The molecule has 2 N–H and O–H groups in total. The topological polar surface area (TPSA) is 50.4 Å². The van der Waals surface area contributed by atoms with Gasteiger partial charge in [-0.15, -0.1) is 0 Å². The van der Waals surface area contributed by atoms with E-state index >= 15 is 0 Å². The van der Waals surface area contributed by atoms with Crippen LogP contribution >= 0.6 is 0 Å². The number of hydrogen-bond acceptors (Lipinski definition) is 2. The van der Waals surface area contributed by atoms with Crippen molar-refractivity contribution in [2.24, 2.45) is 0 Å². The number of rotatable bonds is 4. The molecule has 6 heteroatoms. The molecule has 0 aliphatic rings. The molecular weight excluding hydrogens is 302 g/mol. The largest absolute Gasteiger partial charge is 0.497 e. The lowest BCUT2D eigenvalue weighted by molar-refractivity contribution is 0.241. The molecule has 2 aromatic rings. The summed E-state index contributed by atoms with van der Waals surface area (Å²) in [6.07, 6.45) is 0. The molecule has 2 aromatic carbocycles. The summed E-state index contributed by atoms with van der Waals surface area (Å²) in [5.41, 5.74) is 0.0785. The first-order valence-corrected chi connectivity index (χ1v) is 7.00. The number of halogens is 2. The van der Waals surface area contributed by atoms with E-state index < -0.39 is 23.2 Å². The van der Waals surface area contributed by atoms with E-state index in [1.165, 1.54) is 6.07 Å². The Morgan fingerprint density at radius 3 is 2.30 bits per heavy atom. The van der Waals surface area contributed by atoms with E-state index in [9.17, 15) is 13.6 Å². The summed E-state index contributed by atoms with van der Waals surface area (Å²) < 4.78 is 31.5. The Morgan fingerprint density at radius 1 is 1.09 bits per heavy atom. The molecule has 0 heterocycles. The highest BCUT2D eigenvalue weighted by Crippen LogP contribution is 2.23. The molecule has 2 amide bonds. The lowest BCUT2D eigenvalue weighted by Gasteiger charge is -2.27. The average Bonchev–Trinajstić information content (AvgIpc) is 2.49. The molecule has 0 unspecified atom stereocenters. The zero-order valence-corrected chi connectivity index (χ0v) is 13.1. The normalized spacial score (nSPS) is 11.0. The van der Waals surface area contributed by atoms with Crippen molar-refractivity contribution in [1.29, 1.82) is 0 Å². The van der Waals surface area contributed by atoms with Crippen LogP contribution in [0.15, 0.2) is 42.5 Å². The summed E-state index contributed by atoms with van der Waals surface area (Å²) in [5, 5.41) is 5.12. The van der Waals surface area contributed by atoms with Crippen molar-refractivity contribution in [2.45, 2.75) is 19.4 Å². The minimum atomic E-state index is -0.831. The van der Waals surface area contributed by atoms with Gasteiger partial charge in [0, 0.05) is 6.07 Å². The first-order chi connectivity index (χ1) is 10.8. The first-order valence-electron chi connectivity index (χ1n) is 7.00. The van der Waals surface area contributed by atoms with Crippen molar-refractivity contribution in [1.82, 2.24) is 5.32 Å². The molecule has 0 aliphatic carbocycles. The lowest BCUT2D eigenvalue weighted by Crippen LogP contribution is -2.43. The van der Waals surface area contributed by atoms with Crippen molar-refractivity contribution in [3.05, 3.63) is 59.7 Å². The summed E-state index contributed by atoms with van der Waals surface area (Å²) in [6, 6.07) is 9.61. The zero-order chi connectivity index (χ0) is 17.0. The molecule has 0 aromatic heterocycles. The maximum absolute atomic E-state index is 13.6. The van der Waals surface area contributed by atoms with Gasteiger partial charge in [0.1, 0.15) is 17.4 Å². The number of urea groups is 1. The molecule has 0 saturated carbocycles. The van der Waals surface area contributed by atoms with Crippen molar-refractivity contribution >= 4 is 11.7 Å². The van der Waals surface area contributed by atoms with Crippen LogP contribution in [-0.4, -0.2) is 13.1 Å². The fraction of sp³-hybridized carbons (Fsp3) is 0.235. The summed E-state index contributed by atoms with van der Waals surface area (Å²) in [7, 11) is 1.57. The van der Waals surface area contributed by atoms with Gasteiger partial charge in [-0.2, -0.15) is 0 Å². The third-order valence-corrected chi connectivity index (χ3v) is 3.42. The number of methoxy groups -OCH3 is 1. The number of carbonyl (C=O) groups excluding carboxylic acids is 1. The van der Waals surface area contributed by atoms with Crippen LogP contribution in [0.3, 0.4) is 0 Å². The van der Waals surface area contributed by atoms with Crippen molar-refractivity contribution in [3.63, 3.8) is 0 Å². The standard InChI is InChI=1S/C17H18F2N2O2/c1-17(2,11-4-7-13(23-3)8-5-11)21-16(22)20-15-9-6-12(18)10-14(15)19/h4-10H,1-3H3,(H2,20,21,22). The lowest BCUT2D eigenvalue weighted by atomic mass is 9.94. The molecule has 0 radical (unpaired) electrons. The minimum absolute atomic E-state index is 0.0885. The van der Waals surface area contributed by atoms with Gasteiger partial charge in [-0.05, 0) is 43.7 Å². The van der Waals surface area contributed by atoms with Gasteiger partial charge in [-0.25, -0.2) is 13.6 Å². The van der Waals surface area contributed by atoms with Crippen LogP contribution in [0.4, 0.5) is 19.3 Å². The maximum Gasteiger partial charge on any atom is 0.320 e. The van der Waals surface area contributed by atoms with E-state index in [-0.39, 0.29) is 5.69 Å². The Labute approximate surface area is 133 Å². The van der Waals surface area contributed by atoms with E-state index in [0.717, 1.165) is 11.6 Å². The van der Waals surface area contributed by atoms with E-state index in [2.05, 4.69) is 10.6 Å². The highest BCUT2D eigenvalue weighted by molar-refractivity contribution is 5.89. The number of anilines is 1. The maximum atomic E-state index is 13.6. The summed E-state index contributed by atoms with van der Waals surface area (Å²) in [6.45, 7) is 3.63. The van der Waals surface area contributed by atoms with Crippen LogP contribution in [0.2, 0.25) is 0 Å². The number of carbonyl (C=O) groups is 1. The van der Waals surface area contributed by atoms with Crippen molar-refractivity contribution in [2.75, 3.05) is 12.4 Å². The third kappa shape index (κ3) is 4.18. The molecule has 0 aliphatic heterocycles. The molecule has 0 atom stereocenters. The Morgan fingerprint density at radius 2 is 1.74 bits per heavy atom. The number of nitrogens with one attached hydrogen (secondary N) is 2. The zero-order valence-electron chi connectivity index (χ0n) is 13.1. The molecule has 0 spiro atoms. The van der Waals surface area contributed by atoms with Gasteiger partial charge in [0.2, 0.25) is 0 Å². The van der Waals surface area contributed by atoms with Gasteiger partial charge in [0.05, 0.1) is 18.3 Å². The summed E-state index contributed by atoms with van der Waals surface area (Å²) in [5.74, 6) is -0.822. The van der Waals surface area contributed by atoms with Gasteiger partial charge in [0.15, 0.2) is 0 Å². The Balaban J connectivity index is 2.08. The molecule has 23 heavy (non-hydrogen) atoms. The van der Waals surface area contributed by atoms with Gasteiger partial charge >= 0.3 is 6.03 Å². The average molecular weight is 320 g/mol. The molecule has 0 saturated heterocycles. The summed E-state index contributed by atoms with van der Waals surface area (Å²) >= 11 is 0. The van der Waals surface area contributed by atoms with Gasteiger partial charge in [0.25, 0.3) is 0 Å². The fourth-order valence-electron chi connectivity index (χ4n) is 2.11. The second-order valence-corrected chi connectivity index (χ2v) is 5.56. The predicted molar refractivity (Wildman–Crippen MR) is 84.5 cm³/mol. The van der Waals surface area contributed by atoms with Gasteiger partial charge in [-0.1, -0.05) is 12.1 Å². The fourth-order valence-corrected chi connectivity index (χ4v) is 2.11. The van der Waals surface area contributed by atoms with Crippen molar-refractivity contribution in [3.8, 4) is 5.75 Å². The number of amides is 2. The Hall–Kier alpha value is -2.63. The molecule has 122 valence electrons. The predicted octanol–water partition coefficient (Wildman–Crippen LogP) is 4.03. The van der Waals surface area contributed by atoms with Crippen LogP contribution in [0.25, 0.3) is 0 Å². The highest BCUT2D eigenvalue weighted by atomic mass is 19.1.